The van der Waals surface area contributed by atoms with Gasteiger partial charge in [0.1, 0.15) is 5.69 Å². The lowest BCUT2D eigenvalue weighted by Crippen LogP contribution is -2.47. The second kappa shape index (κ2) is 7.01. The summed E-state index contributed by atoms with van der Waals surface area (Å²) in [6.07, 6.45) is 1.72. The highest BCUT2D eigenvalue weighted by molar-refractivity contribution is 5.92. The molecule has 0 bridgehead atoms. The van der Waals surface area contributed by atoms with Crippen LogP contribution in [-0.4, -0.2) is 53.9 Å². The number of piperazine rings is 1. The number of anilines is 2. The fourth-order valence-electron chi connectivity index (χ4n) is 2.88. The van der Waals surface area contributed by atoms with E-state index in [2.05, 4.69) is 54.3 Å². The van der Waals surface area contributed by atoms with Crippen molar-refractivity contribution in [3.05, 3.63) is 53.3 Å². The monoisotopic (exact) mass is 324 g/mol. The van der Waals surface area contributed by atoms with Crippen LogP contribution in [0.25, 0.3) is 0 Å². The van der Waals surface area contributed by atoms with Crippen molar-refractivity contribution < 1.29 is 4.79 Å². The molecule has 0 unspecified atom stereocenters. The van der Waals surface area contributed by atoms with Gasteiger partial charge in [-0.2, -0.15) is 0 Å². The number of likely N-dealkylation sites (N-methyl/N-ethyl adjacent to an activating group) is 1. The third-order valence-electron chi connectivity index (χ3n) is 4.43. The van der Waals surface area contributed by atoms with Crippen LogP contribution in [0.4, 0.5) is 11.4 Å². The summed E-state index contributed by atoms with van der Waals surface area (Å²) < 4.78 is 0. The van der Waals surface area contributed by atoms with Gasteiger partial charge in [0.2, 0.25) is 0 Å². The van der Waals surface area contributed by atoms with E-state index in [0.717, 1.165) is 37.6 Å². The number of carbonyl (C=O) groups is 1. The Balaban J connectivity index is 1.68. The Bertz CT molecular complexity index is 719. The summed E-state index contributed by atoms with van der Waals surface area (Å²) >= 11 is 0. The third kappa shape index (κ3) is 3.74. The first-order valence-corrected chi connectivity index (χ1v) is 8.31. The fraction of sp³-hybridized carbons (Fsp3) is 0.368. The molecule has 0 atom stereocenters. The number of rotatable bonds is 3. The van der Waals surface area contributed by atoms with Crippen LogP contribution >= 0.6 is 0 Å². The zero-order valence-electron chi connectivity index (χ0n) is 14.5. The molecule has 2 aromatic rings. The molecule has 0 spiro atoms. The van der Waals surface area contributed by atoms with E-state index in [9.17, 15) is 4.79 Å². The first-order valence-electron chi connectivity index (χ1n) is 8.31. The fourth-order valence-corrected chi connectivity index (χ4v) is 2.88. The minimum absolute atomic E-state index is 0.0150. The third-order valence-corrected chi connectivity index (χ3v) is 4.43. The number of hydrogen-bond donors (Lipinski definition) is 1. The van der Waals surface area contributed by atoms with Crippen LogP contribution in [0.2, 0.25) is 0 Å². The molecule has 24 heavy (non-hydrogen) atoms. The molecule has 5 nitrogen and oxygen atoms in total. The van der Waals surface area contributed by atoms with Crippen molar-refractivity contribution in [3.63, 3.8) is 0 Å². The molecule has 1 aromatic carbocycles. The van der Waals surface area contributed by atoms with Crippen LogP contribution in [0.5, 0.6) is 0 Å². The number of carbonyl (C=O) groups excluding carboxylic acids is 1. The van der Waals surface area contributed by atoms with Gasteiger partial charge in [0.15, 0.2) is 0 Å². The van der Waals surface area contributed by atoms with Gasteiger partial charge >= 0.3 is 0 Å². The summed E-state index contributed by atoms with van der Waals surface area (Å²) in [5, 5.41) is 3.36. The van der Waals surface area contributed by atoms with E-state index in [-0.39, 0.29) is 5.91 Å². The number of nitrogens with one attached hydrogen (secondary N) is 1. The number of nitrogens with zero attached hydrogens (tertiary/aromatic N) is 3. The van der Waals surface area contributed by atoms with Crippen molar-refractivity contribution in [2.45, 2.75) is 13.8 Å². The van der Waals surface area contributed by atoms with Gasteiger partial charge in [-0.1, -0.05) is 17.7 Å². The van der Waals surface area contributed by atoms with Gasteiger partial charge < -0.3 is 15.1 Å². The van der Waals surface area contributed by atoms with Gasteiger partial charge in [0.25, 0.3) is 5.91 Å². The average molecular weight is 324 g/mol. The van der Waals surface area contributed by atoms with Crippen LogP contribution in [-0.2, 0) is 0 Å². The molecule has 2 heterocycles. The number of aromatic nitrogens is 1. The maximum atomic E-state index is 12.5. The summed E-state index contributed by atoms with van der Waals surface area (Å²) in [5.41, 5.74) is 4.88. The Morgan fingerprint density at radius 1 is 1.08 bits per heavy atom. The van der Waals surface area contributed by atoms with Crippen LogP contribution in [0, 0.1) is 13.8 Å². The summed E-state index contributed by atoms with van der Waals surface area (Å²) in [7, 11) is 2.08. The SMILES string of the molecule is Cc1ccc(Nc2ccc(C(=O)N3CCN(C)CC3)nc2)c(C)c1. The number of amides is 1. The van der Waals surface area contributed by atoms with Gasteiger partial charge in [0, 0.05) is 31.9 Å². The van der Waals surface area contributed by atoms with E-state index in [1.807, 2.05) is 11.0 Å². The molecule has 0 saturated carbocycles. The predicted octanol–water partition coefficient (Wildman–Crippen LogP) is 2.83. The first-order chi connectivity index (χ1) is 11.5. The molecule has 1 aliphatic heterocycles. The number of pyridine rings is 1. The molecule has 3 rings (SSSR count). The van der Waals surface area contributed by atoms with E-state index < -0.39 is 0 Å². The lowest BCUT2D eigenvalue weighted by atomic mass is 10.1. The Kier molecular flexibility index (Phi) is 4.81. The smallest absolute Gasteiger partial charge is 0.272 e. The maximum absolute atomic E-state index is 12.5. The number of benzene rings is 1. The van der Waals surface area contributed by atoms with E-state index >= 15 is 0 Å². The normalized spacial score (nSPS) is 15.4. The van der Waals surface area contributed by atoms with E-state index in [4.69, 9.17) is 0 Å². The highest BCUT2D eigenvalue weighted by Gasteiger charge is 2.21. The van der Waals surface area contributed by atoms with Gasteiger partial charge in [-0.3, -0.25) is 4.79 Å². The predicted molar refractivity (Wildman–Crippen MR) is 96.8 cm³/mol. The van der Waals surface area contributed by atoms with E-state index in [1.165, 1.54) is 11.1 Å². The Morgan fingerprint density at radius 3 is 2.46 bits per heavy atom. The Morgan fingerprint density at radius 2 is 1.83 bits per heavy atom. The quantitative estimate of drug-likeness (QED) is 0.943. The summed E-state index contributed by atoms with van der Waals surface area (Å²) in [4.78, 5) is 20.9. The zero-order chi connectivity index (χ0) is 17.1. The van der Waals surface area contributed by atoms with Crippen LogP contribution in [0.1, 0.15) is 21.6 Å². The topological polar surface area (TPSA) is 48.5 Å². The van der Waals surface area contributed by atoms with Gasteiger partial charge in [-0.05, 0) is 44.7 Å². The molecule has 0 radical (unpaired) electrons. The van der Waals surface area contributed by atoms with Crippen molar-refractivity contribution in [3.8, 4) is 0 Å². The molecule has 1 saturated heterocycles. The lowest BCUT2D eigenvalue weighted by Gasteiger charge is -2.32. The van der Waals surface area contributed by atoms with Crippen molar-refractivity contribution in [1.82, 2.24) is 14.8 Å². The minimum atomic E-state index is 0.0150. The molecule has 126 valence electrons. The summed E-state index contributed by atoms with van der Waals surface area (Å²) in [6, 6.07) is 9.99. The minimum Gasteiger partial charge on any atom is -0.354 e. The molecule has 1 aromatic heterocycles. The molecular formula is C19H24N4O. The molecule has 1 amide bonds. The lowest BCUT2D eigenvalue weighted by molar-refractivity contribution is 0.0658. The van der Waals surface area contributed by atoms with E-state index in [1.54, 1.807) is 12.3 Å². The molecule has 1 fully saturated rings. The molecule has 0 aliphatic carbocycles. The van der Waals surface area contributed by atoms with Crippen molar-refractivity contribution in [2.75, 3.05) is 38.5 Å². The van der Waals surface area contributed by atoms with Gasteiger partial charge in [-0.15, -0.1) is 0 Å². The first kappa shape index (κ1) is 16.5. The van der Waals surface area contributed by atoms with Crippen LogP contribution < -0.4 is 5.32 Å². The highest BCUT2D eigenvalue weighted by atomic mass is 16.2. The van der Waals surface area contributed by atoms with Crippen molar-refractivity contribution >= 4 is 17.3 Å². The number of aryl methyl sites for hydroxylation is 2. The summed E-state index contributed by atoms with van der Waals surface area (Å²) in [5.74, 6) is 0.0150. The maximum Gasteiger partial charge on any atom is 0.272 e. The van der Waals surface area contributed by atoms with E-state index in [0.29, 0.717) is 5.69 Å². The Hall–Kier alpha value is -2.40. The molecule has 5 heteroatoms. The van der Waals surface area contributed by atoms with Crippen LogP contribution in [0.3, 0.4) is 0 Å². The second-order valence-electron chi connectivity index (χ2n) is 6.47. The standard InChI is InChI=1S/C19H24N4O/c1-14-4-6-17(15(2)12-14)21-16-5-7-18(20-13-16)19(24)23-10-8-22(3)9-11-23/h4-7,12-13,21H,8-11H2,1-3H3. The largest absolute Gasteiger partial charge is 0.354 e. The van der Waals surface area contributed by atoms with Gasteiger partial charge in [0.05, 0.1) is 11.9 Å². The number of hydrogen-bond acceptors (Lipinski definition) is 4. The van der Waals surface area contributed by atoms with Crippen molar-refractivity contribution in [2.24, 2.45) is 0 Å². The van der Waals surface area contributed by atoms with Gasteiger partial charge in [-0.25, -0.2) is 4.98 Å². The second-order valence-corrected chi connectivity index (χ2v) is 6.47. The molecular weight excluding hydrogens is 300 g/mol. The van der Waals surface area contributed by atoms with Crippen LogP contribution in [0.15, 0.2) is 36.5 Å². The zero-order valence-corrected chi connectivity index (χ0v) is 14.5. The highest BCUT2D eigenvalue weighted by Crippen LogP contribution is 2.21. The molecule has 1 aliphatic rings. The van der Waals surface area contributed by atoms with Crippen molar-refractivity contribution in [1.29, 1.82) is 0 Å². The average Bonchev–Trinajstić information content (AvgIpc) is 2.58. The molecule has 1 N–H and O–H groups in total. The Labute approximate surface area is 143 Å². The summed E-state index contributed by atoms with van der Waals surface area (Å²) in [6.45, 7) is 7.51.